The van der Waals surface area contributed by atoms with E-state index >= 15 is 0 Å². The summed E-state index contributed by atoms with van der Waals surface area (Å²) < 4.78 is 15.9. The van der Waals surface area contributed by atoms with Gasteiger partial charge in [-0.25, -0.2) is 4.79 Å². The Hall–Kier alpha value is -2.74. The Morgan fingerprint density at radius 1 is 1.13 bits per heavy atom. The van der Waals surface area contributed by atoms with Crippen LogP contribution in [0.1, 0.15) is 44.1 Å². The van der Waals surface area contributed by atoms with Crippen LogP contribution in [0.15, 0.2) is 12.1 Å². The highest BCUT2D eigenvalue weighted by Crippen LogP contribution is 2.37. The molecule has 0 spiro atoms. The number of nitrogens with zero attached hydrogens (tertiary/aromatic N) is 1. The Morgan fingerprint density at radius 2 is 1.77 bits per heavy atom. The van der Waals surface area contributed by atoms with Crippen molar-refractivity contribution in [2.45, 2.75) is 33.6 Å². The number of hydrogen-bond donors (Lipinski definition) is 2. The summed E-state index contributed by atoms with van der Waals surface area (Å²) in [6, 6.07) is 3.49. The van der Waals surface area contributed by atoms with Crippen LogP contribution in [0.25, 0.3) is 10.9 Å². The molecule has 170 valence electrons. The largest absolute Gasteiger partial charge is 0.493 e. The van der Waals surface area contributed by atoms with Gasteiger partial charge in [-0.2, -0.15) is 0 Å². The number of hydrogen-bond acceptors (Lipinski definition) is 6. The molecule has 0 aliphatic carbocycles. The maximum Gasteiger partial charge on any atom is 0.356 e. The molecular formula is C23H33N3O5. The van der Waals surface area contributed by atoms with E-state index in [0.29, 0.717) is 52.9 Å². The number of aromatic amines is 1. The number of anilines is 1. The second-order valence-electron chi connectivity index (χ2n) is 8.35. The topological polar surface area (TPSA) is 92.9 Å². The number of piperidine rings is 1. The average Bonchev–Trinajstić information content (AvgIpc) is 3.08. The number of nitrogens with one attached hydrogen (secondary N) is 2. The van der Waals surface area contributed by atoms with Crippen molar-refractivity contribution >= 4 is 28.5 Å². The fraction of sp³-hybridized carbons (Fsp3) is 0.565. The van der Waals surface area contributed by atoms with Gasteiger partial charge in [0.25, 0.3) is 0 Å². The van der Waals surface area contributed by atoms with Crippen molar-refractivity contribution in [3.8, 4) is 11.5 Å². The first-order chi connectivity index (χ1) is 14.9. The number of esters is 1. The van der Waals surface area contributed by atoms with Gasteiger partial charge in [0.15, 0.2) is 11.5 Å². The summed E-state index contributed by atoms with van der Waals surface area (Å²) in [5.41, 5.74) is 1.26. The molecule has 2 aromatic rings. The highest BCUT2D eigenvalue weighted by Gasteiger charge is 2.24. The molecule has 3 rings (SSSR count). The lowest BCUT2D eigenvalue weighted by Gasteiger charge is -2.34. The summed E-state index contributed by atoms with van der Waals surface area (Å²) in [4.78, 5) is 30.7. The quantitative estimate of drug-likeness (QED) is 0.620. The molecule has 2 atom stereocenters. The third-order valence-electron chi connectivity index (χ3n) is 5.65. The molecule has 8 heteroatoms. The number of fused-ring (bicyclic) bond motifs is 1. The second kappa shape index (κ2) is 10.0. The van der Waals surface area contributed by atoms with Gasteiger partial charge >= 0.3 is 5.97 Å². The molecule has 1 aliphatic heterocycles. The van der Waals surface area contributed by atoms with Crippen molar-refractivity contribution in [3.05, 3.63) is 17.8 Å². The van der Waals surface area contributed by atoms with E-state index in [1.807, 2.05) is 0 Å². The van der Waals surface area contributed by atoms with Crippen LogP contribution in [0.2, 0.25) is 0 Å². The molecule has 1 aromatic heterocycles. The number of likely N-dealkylation sites (tertiary alicyclic amines) is 1. The summed E-state index contributed by atoms with van der Waals surface area (Å²) in [7, 11) is 3.09. The number of benzene rings is 1. The molecule has 1 amide bonds. The van der Waals surface area contributed by atoms with E-state index in [9.17, 15) is 9.59 Å². The van der Waals surface area contributed by atoms with E-state index in [1.165, 1.54) is 6.42 Å². The summed E-state index contributed by atoms with van der Waals surface area (Å²) in [6.07, 6.45) is 1.58. The molecule has 0 unspecified atom stereocenters. The maximum atomic E-state index is 12.8. The summed E-state index contributed by atoms with van der Waals surface area (Å²) in [5, 5.41) is 3.59. The molecule has 31 heavy (non-hydrogen) atoms. The van der Waals surface area contributed by atoms with Crippen LogP contribution >= 0.6 is 0 Å². The standard InChI is InChI=1S/C23H33N3O5/c1-6-31-23(28)22-21(16-10-18(29-4)19(30-5)11-17(16)24-22)25-20(27)7-8-26-12-14(2)9-15(3)13-26/h10-11,14-15,24H,6-9,12-13H2,1-5H3,(H,25,27)/t14-,15+. The summed E-state index contributed by atoms with van der Waals surface area (Å²) in [5.74, 6) is 1.64. The highest BCUT2D eigenvalue weighted by molar-refractivity contribution is 6.11. The van der Waals surface area contributed by atoms with E-state index in [-0.39, 0.29) is 18.2 Å². The van der Waals surface area contributed by atoms with Gasteiger partial charge < -0.3 is 29.4 Å². The van der Waals surface area contributed by atoms with Crippen LogP contribution in [-0.4, -0.2) is 62.2 Å². The number of amides is 1. The normalized spacial score (nSPS) is 19.3. The Balaban J connectivity index is 1.83. The predicted octanol–water partition coefficient (Wildman–Crippen LogP) is 3.67. The number of ether oxygens (including phenoxy) is 3. The third kappa shape index (κ3) is 5.31. The van der Waals surface area contributed by atoms with E-state index in [1.54, 1.807) is 33.3 Å². The van der Waals surface area contributed by atoms with Crippen molar-refractivity contribution in [2.75, 3.05) is 45.8 Å². The lowest BCUT2D eigenvalue weighted by Crippen LogP contribution is -2.40. The number of methoxy groups -OCH3 is 2. The smallest absolute Gasteiger partial charge is 0.356 e. The van der Waals surface area contributed by atoms with Gasteiger partial charge in [0, 0.05) is 37.5 Å². The predicted molar refractivity (Wildman–Crippen MR) is 120 cm³/mol. The van der Waals surface area contributed by atoms with Gasteiger partial charge in [-0.3, -0.25) is 4.79 Å². The minimum absolute atomic E-state index is 0.146. The van der Waals surface area contributed by atoms with E-state index in [0.717, 1.165) is 13.1 Å². The number of H-pyrrole nitrogens is 1. The van der Waals surface area contributed by atoms with Crippen molar-refractivity contribution in [1.29, 1.82) is 0 Å². The van der Waals surface area contributed by atoms with Crippen LogP contribution in [0, 0.1) is 11.8 Å². The van der Waals surface area contributed by atoms with Crippen LogP contribution in [0.3, 0.4) is 0 Å². The Bertz CT molecular complexity index is 929. The maximum absolute atomic E-state index is 12.8. The molecule has 1 aliphatic rings. The molecule has 0 radical (unpaired) electrons. The first-order valence-corrected chi connectivity index (χ1v) is 10.8. The highest BCUT2D eigenvalue weighted by atomic mass is 16.5. The average molecular weight is 432 g/mol. The van der Waals surface area contributed by atoms with Gasteiger partial charge in [-0.15, -0.1) is 0 Å². The zero-order valence-corrected chi connectivity index (χ0v) is 19.0. The Morgan fingerprint density at radius 3 is 2.39 bits per heavy atom. The Labute approximate surface area is 183 Å². The second-order valence-corrected chi connectivity index (χ2v) is 8.35. The molecule has 1 saturated heterocycles. The lowest BCUT2D eigenvalue weighted by atomic mass is 9.92. The van der Waals surface area contributed by atoms with Crippen molar-refractivity contribution in [3.63, 3.8) is 0 Å². The van der Waals surface area contributed by atoms with Gasteiger partial charge in [0.05, 0.1) is 32.0 Å². The van der Waals surface area contributed by atoms with Crippen molar-refractivity contribution in [2.24, 2.45) is 11.8 Å². The molecular weight excluding hydrogens is 398 g/mol. The van der Waals surface area contributed by atoms with Gasteiger partial charge in [-0.05, 0) is 31.2 Å². The summed E-state index contributed by atoms with van der Waals surface area (Å²) in [6.45, 7) is 9.19. The number of rotatable bonds is 8. The third-order valence-corrected chi connectivity index (χ3v) is 5.65. The molecule has 0 saturated carbocycles. The van der Waals surface area contributed by atoms with Crippen molar-refractivity contribution in [1.82, 2.24) is 9.88 Å². The van der Waals surface area contributed by atoms with Gasteiger partial charge in [-0.1, -0.05) is 13.8 Å². The molecule has 8 nitrogen and oxygen atoms in total. The summed E-state index contributed by atoms with van der Waals surface area (Å²) >= 11 is 0. The van der Waals surface area contributed by atoms with Crippen molar-refractivity contribution < 1.29 is 23.8 Å². The fourth-order valence-corrected chi connectivity index (χ4v) is 4.44. The molecule has 2 N–H and O–H groups in total. The molecule has 1 fully saturated rings. The number of aromatic nitrogens is 1. The molecule has 1 aromatic carbocycles. The van der Waals surface area contributed by atoms with Crippen LogP contribution < -0.4 is 14.8 Å². The van der Waals surface area contributed by atoms with Gasteiger partial charge in [0.1, 0.15) is 5.69 Å². The number of carbonyl (C=O) groups is 2. The molecule has 0 bridgehead atoms. The van der Waals surface area contributed by atoms with E-state index in [2.05, 4.69) is 29.0 Å². The van der Waals surface area contributed by atoms with Crippen LogP contribution in [0.4, 0.5) is 5.69 Å². The Kier molecular flexibility index (Phi) is 7.43. The minimum Gasteiger partial charge on any atom is -0.493 e. The van der Waals surface area contributed by atoms with E-state index in [4.69, 9.17) is 14.2 Å². The zero-order chi connectivity index (χ0) is 22.5. The lowest BCUT2D eigenvalue weighted by molar-refractivity contribution is -0.116. The first-order valence-electron chi connectivity index (χ1n) is 10.8. The monoisotopic (exact) mass is 431 g/mol. The van der Waals surface area contributed by atoms with Gasteiger partial charge in [0.2, 0.25) is 5.91 Å². The zero-order valence-electron chi connectivity index (χ0n) is 19.0. The van der Waals surface area contributed by atoms with Crippen LogP contribution in [0.5, 0.6) is 11.5 Å². The number of carbonyl (C=O) groups excluding carboxylic acids is 2. The minimum atomic E-state index is -0.523. The van der Waals surface area contributed by atoms with E-state index < -0.39 is 5.97 Å². The fourth-order valence-electron chi connectivity index (χ4n) is 4.44. The SMILES string of the molecule is CCOC(=O)c1[nH]c2cc(OC)c(OC)cc2c1NC(=O)CCN1C[C@H](C)C[C@H](C)C1. The first kappa shape index (κ1) is 22.9. The van der Waals surface area contributed by atoms with Crippen LogP contribution in [-0.2, 0) is 9.53 Å². The molecule has 2 heterocycles.